The van der Waals surface area contributed by atoms with Gasteiger partial charge in [0, 0.05) is 19.6 Å². The van der Waals surface area contributed by atoms with Crippen molar-refractivity contribution in [2.75, 3.05) is 32.8 Å². The predicted octanol–water partition coefficient (Wildman–Crippen LogP) is 3.38. The van der Waals surface area contributed by atoms with E-state index in [4.69, 9.17) is 4.74 Å². The van der Waals surface area contributed by atoms with Crippen LogP contribution in [0.2, 0.25) is 0 Å². The fourth-order valence-electron chi connectivity index (χ4n) is 4.59. The lowest BCUT2D eigenvalue weighted by Crippen LogP contribution is -2.50. The topological polar surface area (TPSA) is 49.9 Å². The molecule has 0 unspecified atom stereocenters. The zero-order valence-corrected chi connectivity index (χ0v) is 17.6. The molecule has 0 spiro atoms. The Labute approximate surface area is 178 Å². The van der Waals surface area contributed by atoms with Crippen molar-refractivity contribution in [3.05, 3.63) is 71.3 Å². The second kappa shape index (κ2) is 9.43. The molecule has 0 aromatic heterocycles. The molecule has 2 saturated heterocycles. The van der Waals surface area contributed by atoms with E-state index in [0.717, 1.165) is 24.0 Å². The van der Waals surface area contributed by atoms with Gasteiger partial charge in [-0.15, -0.1) is 0 Å². The molecule has 2 heterocycles. The van der Waals surface area contributed by atoms with Crippen LogP contribution in [0.3, 0.4) is 0 Å². The number of morpholine rings is 1. The lowest BCUT2D eigenvalue weighted by atomic mass is 9.87. The number of carbonyl (C=O) groups is 2. The second-order valence-electron chi connectivity index (χ2n) is 8.35. The summed E-state index contributed by atoms with van der Waals surface area (Å²) in [4.78, 5) is 30.3. The van der Waals surface area contributed by atoms with Crippen molar-refractivity contribution in [3.63, 3.8) is 0 Å². The van der Waals surface area contributed by atoms with E-state index in [2.05, 4.69) is 31.2 Å². The minimum atomic E-state index is -0.135. The van der Waals surface area contributed by atoms with Gasteiger partial charge in [0.05, 0.1) is 31.6 Å². The van der Waals surface area contributed by atoms with Crippen LogP contribution in [0.25, 0.3) is 0 Å². The minimum absolute atomic E-state index is 0.0230. The molecule has 5 heteroatoms. The normalized spacial score (nSPS) is 22.0. The van der Waals surface area contributed by atoms with Crippen molar-refractivity contribution < 1.29 is 14.3 Å². The van der Waals surface area contributed by atoms with E-state index in [9.17, 15) is 9.59 Å². The van der Waals surface area contributed by atoms with Crippen LogP contribution >= 0.6 is 0 Å². The average molecular weight is 407 g/mol. The van der Waals surface area contributed by atoms with Crippen molar-refractivity contribution >= 4 is 11.8 Å². The molecule has 2 fully saturated rings. The summed E-state index contributed by atoms with van der Waals surface area (Å²) in [7, 11) is 0. The fraction of sp³-hybridized carbons (Fsp3) is 0.440. The summed E-state index contributed by atoms with van der Waals surface area (Å²) in [6.45, 7) is 5.05. The minimum Gasteiger partial charge on any atom is -0.378 e. The summed E-state index contributed by atoms with van der Waals surface area (Å²) in [6, 6.07) is 18.3. The van der Waals surface area contributed by atoms with Crippen LogP contribution in [0.1, 0.15) is 35.6 Å². The molecule has 2 amide bonds. The highest BCUT2D eigenvalue weighted by molar-refractivity contribution is 5.83. The number of piperidine rings is 1. The first-order valence-corrected chi connectivity index (χ1v) is 10.9. The molecule has 2 atom stereocenters. The molecule has 5 nitrogen and oxygen atoms in total. The molecule has 4 rings (SSSR count). The smallest absolute Gasteiger partial charge is 0.227 e. The first-order valence-electron chi connectivity index (χ1n) is 10.9. The van der Waals surface area contributed by atoms with Crippen molar-refractivity contribution in [1.29, 1.82) is 0 Å². The van der Waals surface area contributed by atoms with Gasteiger partial charge in [0.1, 0.15) is 0 Å². The van der Waals surface area contributed by atoms with Gasteiger partial charge < -0.3 is 14.5 Å². The number of likely N-dealkylation sites (tertiary alicyclic amines) is 1. The fourth-order valence-corrected chi connectivity index (χ4v) is 4.59. The second-order valence-corrected chi connectivity index (χ2v) is 8.35. The Kier molecular flexibility index (Phi) is 6.48. The van der Waals surface area contributed by atoms with Crippen LogP contribution in [0, 0.1) is 12.8 Å². The number of nitrogens with zero attached hydrogens (tertiary/aromatic N) is 2. The standard InChI is InChI=1S/C25H30N2O3/c1-19-6-5-9-21(16-19)23-11-10-22(25(29)26-12-14-30-15-13-26)18-27(23)24(28)17-20-7-3-2-4-8-20/h2-9,16,22-23H,10-15,17-18H2,1H3/t22-,23+/m0/s1. The maximum absolute atomic E-state index is 13.4. The third kappa shape index (κ3) is 4.73. The Morgan fingerprint density at radius 3 is 2.50 bits per heavy atom. The molecular weight excluding hydrogens is 376 g/mol. The number of ether oxygens (including phenoxy) is 1. The molecule has 2 aromatic carbocycles. The lowest BCUT2D eigenvalue weighted by molar-refractivity contribution is -0.145. The molecule has 0 aliphatic carbocycles. The summed E-state index contributed by atoms with van der Waals surface area (Å²) < 4.78 is 5.39. The van der Waals surface area contributed by atoms with Crippen molar-refractivity contribution in [3.8, 4) is 0 Å². The summed E-state index contributed by atoms with van der Waals surface area (Å²) in [5, 5.41) is 0. The Hall–Kier alpha value is -2.66. The van der Waals surface area contributed by atoms with Crippen molar-refractivity contribution in [1.82, 2.24) is 9.80 Å². The van der Waals surface area contributed by atoms with Crippen LogP contribution in [0.4, 0.5) is 0 Å². The molecular formula is C25H30N2O3. The Bertz CT molecular complexity index is 877. The number of aryl methyl sites for hydroxylation is 1. The van der Waals surface area contributed by atoms with Crippen LogP contribution in [0.15, 0.2) is 54.6 Å². The van der Waals surface area contributed by atoms with E-state index in [0.29, 0.717) is 39.3 Å². The zero-order valence-electron chi connectivity index (χ0n) is 17.6. The molecule has 0 saturated carbocycles. The molecule has 158 valence electrons. The predicted molar refractivity (Wildman–Crippen MR) is 116 cm³/mol. The summed E-state index contributed by atoms with van der Waals surface area (Å²) >= 11 is 0. The molecule has 0 N–H and O–H groups in total. The monoisotopic (exact) mass is 406 g/mol. The van der Waals surface area contributed by atoms with Gasteiger partial charge in [0.15, 0.2) is 0 Å². The SMILES string of the molecule is Cc1cccc([C@H]2CC[C@H](C(=O)N3CCOCC3)CN2C(=O)Cc2ccccc2)c1. The Morgan fingerprint density at radius 1 is 1.00 bits per heavy atom. The van der Waals surface area contributed by atoms with Gasteiger partial charge in [-0.25, -0.2) is 0 Å². The number of hydrogen-bond acceptors (Lipinski definition) is 3. The summed E-state index contributed by atoms with van der Waals surface area (Å²) in [6.07, 6.45) is 1.98. The van der Waals surface area contributed by atoms with Crippen LogP contribution in [-0.4, -0.2) is 54.5 Å². The van der Waals surface area contributed by atoms with Gasteiger partial charge in [-0.05, 0) is 30.9 Å². The van der Waals surface area contributed by atoms with Gasteiger partial charge >= 0.3 is 0 Å². The maximum Gasteiger partial charge on any atom is 0.227 e. The van der Waals surface area contributed by atoms with Crippen molar-refractivity contribution in [2.24, 2.45) is 5.92 Å². The highest BCUT2D eigenvalue weighted by atomic mass is 16.5. The zero-order chi connectivity index (χ0) is 20.9. The van der Waals surface area contributed by atoms with Gasteiger partial charge in [-0.1, -0.05) is 60.2 Å². The van der Waals surface area contributed by atoms with Crippen molar-refractivity contribution in [2.45, 2.75) is 32.2 Å². The third-order valence-electron chi connectivity index (χ3n) is 6.20. The third-order valence-corrected chi connectivity index (χ3v) is 6.20. The van der Waals surface area contributed by atoms with E-state index in [1.807, 2.05) is 40.1 Å². The van der Waals surface area contributed by atoms with E-state index < -0.39 is 0 Å². The highest BCUT2D eigenvalue weighted by Gasteiger charge is 2.37. The van der Waals surface area contributed by atoms with Crippen LogP contribution in [0.5, 0.6) is 0 Å². The molecule has 2 aromatic rings. The molecule has 0 bridgehead atoms. The van der Waals surface area contributed by atoms with E-state index in [1.165, 1.54) is 5.56 Å². The van der Waals surface area contributed by atoms with Gasteiger partial charge in [0.2, 0.25) is 11.8 Å². The molecule has 30 heavy (non-hydrogen) atoms. The van der Waals surface area contributed by atoms with E-state index >= 15 is 0 Å². The molecule has 2 aliphatic heterocycles. The quantitative estimate of drug-likeness (QED) is 0.782. The highest BCUT2D eigenvalue weighted by Crippen LogP contribution is 2.35. The first kappa shape index (κ1) is 20.6. The maximum atomic E-state index is 13.4. The van der Waals surface area contributed by atoms with E-state index in [1.54, 1.807) is 0 Å². The van der Waals surface area contributed by atoms with Gasteiger partial charge in [-0.2, -0.15) is 0 Å². The molecule has 2 aliphatic rings. The van der Waals surface area contributed by atoms with E-state index in [-0.39, 0.29) is 23.8 Å². The molecule has 0 radical (unpaired) electrons. The van der Waals surface area contributed by atoms with Crippen LogP contribution < -0.4 is 0 Å². The Morgan fingerprint density at radius 2 is 1.77 bits per heavy atom. The lowest BCUT2D eigenvalue weighted by Gasteiger charge is -2.41. The number of benzene rings is 2. The average Bonchev–Trinajstić information content (AvgIpc) is 2.79. The summed E-state index contributed by atoms with van der Waals surface area (Å²) in [5.41, 5.74) is 3.36. The Balaban J connectivity index is 1.55. The van der Waals surface area contributed by atoms with Gasteiger partial charge in [-0.3, -0.25) is 9.59 Å². The summed E-state index contributed by atoms with van der Waals surface area (Å²) in [5.74, 6) is 0.120. The number of amides is 2. The number of carbonyl (C=O) groups excluding carboxylic acids is 2. The van der Waals surface area contributed by atoms with Crippen LogP contribution in [-0.2, 0) is 20.7 Å². The van der Waals surface area contributed by atoms with Gasteiger partial charge in [0.25, 0.3) is 0 Å². The number of hydrogen-bond donors (Lipinski definition) is 0. The first-order chi connectivity index (χ1) is 14.6. The number of rotatable bonds is 4. The largest absolute Gasteiger partial charge is 0.378 e.